The van der Waals surface area contributed by atoms with Crippen LogP contribution in [-0.2, 0) is 6.54 Å². The molecule has 0 bridgehead atoms. The summed E-state index contributed by atoms with van der Waals surface area (Å²) in [5.41, 5.74) is 9.31. The fraction of sp³-hybridized carbons (Fsp3) is 0.0476. The summed E-state index contributed by atoms with van der Waals surface area (Å²) in [5, 5.41) is 12.0. The highest BCUT2D eigenvalue weighted by molar-refractivity contribution is 6.30. The molecule has 1 heterocycles. The maximum Gasteiger partial charge on any atom is 0.278 e. The Balaban J connectivity index is 1.88. The summed E-state index contributed by atoms with van der Waals surface area (Å²) >= 11 is 5.93. The molecular weight excluding hydrogens is 376 g/mol. The van der Waals surface area contributed by atoms with Gasteiger partial charge in [-0.3, -0.25) is 20.1 Å². The third-order valence-corrected chi connectivity index (χ3v) is 4.29. The largest absolute Gasteiger partial charge is 0.398 e. The SMILES string of the molecule is N/C(=C\C=NCc1cccnc1)c1cc(-c2ccc(Cl)cc2)ccc1[N+](=O)[O-]. The van der Waals surface area contributed by atoms with Gasteiger partial charge in [0.1, 0.15) is 0 Å². The highest BCUT2D eigenvalue weighted by Crippen LogP contribution is 2.30. The van der Waals surface area contributed by atoms with Crippen molar-refractivity contribution in [2.75, 3.05) is 0 Å². The number of aliphatic imine (C=N–C) groups is 1. The number of allylic oxidation sites excluding steroid dienone is 1. The molecule has 6 nitrogen and oxygen atoms in total. The zero-order valence-electron chi connectivity index (χ0n) is 14.8. The molecule has 0 amide bonds. The van der Waals surface area contributed by atoms with Crippen molar-refractivity contribution >= 4 is 29.2 Å². The van der Waals surface area contributed by atoms with Gasteiger partial charge in [-0.15, -0.1) is 0 Å². The van der Waals surface area contributed by atoms with E-state index in [2.05, 4.69) is 9.98 Å². The lowest BCUT2D eigenvalue weighted by Crippen LogP contribution is -2.02. The van der Waals surface area contributed by atoms with Gasteiger partial charge in [-0.1, -0.05) is 29.8 Å². The van der Waals surface area contributed by atoms with Crippen LogP contribution < -0.4 is 5.73 Å². The normalized spacial score (nSPS) is 11.7. The number of nitro benzene ring substituents is 1. The number of aromatic nitrogens is 1. The van der Waals surface area contributed by atoms with Gasteiger partial charge in [0.2, 0.25) is 0 Å². The monoisotopic (exact) mass is 392 g/mol. The van der Waals surface area contributed by atoms with Gasteiger partial charge < -0.3 is 5.73 Å². The van der Waals surface area contributed by atoms with E-state index in [4.69, 9.17) is 17.3 Å². The molecule has 0 aliphatic heterocycles. The molecule has 0 spiro atoms. The predicted molar refractivity (Wildman–Crippen MR) is 112 cm³/mol. The minimum absolute atomic E-state index is 0.0628. The molecule has 3 aromatic rings. The Morgan fingerprint density at radius 2 is 1.93 bits per heavy atom. The lowest BCUT2D eigenvalue weighted by molar-refractivity contribution is -0.385. The second-order valence-corrected chi connectivity index (χ2v) is 6.41. The van der Waals surface area contributed by atoms with Crippen LogP contribution in [0, 0.1) is 10.1 Å². The van der Waals surface area contributed by atoms with Crippen LogP contribution in [0.25, 0.3) is 16.8 Å². The number of rotatable bonds is 6. The molecule has 2 aromatic carbocycles. The number of nitrogens with zero attached hydrogens (tertiary/aromatic N) is 3. The topological polar surface area (TPSA) is 94.4 Å². The van der Waals surface area contributed by atoms with Crippen LogP contribution >= 0.6 is 11.6 Å². The van der Waals surface area contributed by atoms with Crippen molar-refractivity contribution in [3.63, 3.8) is 0 Å². The standard InChI is InChI=1S/C21H17ClN4O2/c22-18-6-3-16(4-7-18)17-5-8-21(26(27)28)19(12-17)20(23)9-11-25-14-15-2-1-10-24-13-15/h1-13H,14,23H2/b20-9-,25-11?. The van der Waals surface area contributed by atoms with E-state index in [0.29, 0.717) is 17.1 Å². The lowest BCUT2D eigenvalue weighted by atomic mass is 10.0. The second-order valence-electron chi connectivity index (χ2n) is 5.97. The average molecular weight is 393 g/mol. The maximum atomic E-state index is 11.4. The minimum atomic E-state index is -0.450. The predicted octanol–water partition coefficient (Wildman–Crippen LogP) is 4.88. The zero-order valence-corrected chi connectivity index (χ0v) is 15.6. The molecule has 0 aliphatic rings. The van der Waals surface area contributed by atoms with E-state index in [9.17, 15) is 10.1 Å². The first-order valence-electron chi connectivity index (χ1n) is 8.44. The average Bonchev–Trinajstić information content (AvgIpc) is 2.72. The molecule has 28 heavy (non-hydrogen) atoms. The number of nitro groups is 1. The van der Waals surface area contributed by atoms with Crippen molar-refractivity contribution in [1.82, 2.24) is 4.98 Å². The number of pyridine rings is 1. The van der Waals surface area contributed by atoms with E-state index < -0.39 is 4.92 Å². The summed E-state index contributed by atoms with van der Waals surface area (Å²) < 4.78 is 0. The molecule has 0 saturated carbocycles. The molecule has 7 heteroatoms. The Kier molecular flexibility index (Phi) is 6.14. The van der Waals surface area contributed by atoms with Gasteiger partial charge in [-0.05, 0) is 53.1 Å². The molecule has 0 saturated heterocycles. The highest BCUT2D eigenvalue weighted by Gasteiger charge is 2.16. The van der Waals surface area contributed by atoms with Crippen LogP contribution in [0.15, 0.2) is 78.1 Å². The Hall–Kier alpha value is -3.51. The number of benzene rings is 2. The van der Waals surface area contributed by atoms with Crippen LogP contribution in [0.3, 0.4) is 0 Å². The summed E-state index contributed by atoms with van der Waals surface area (Å²) in [5.74, 6) is 0. The van der Waals surface area contributed by atoms with Crippen molar-refractivity contribution < 1.29 is 4.92 Å². The summed E-state index contributed by atoms with van der Waals surface area (Å²) in [6.07, 6.45) is 6.52. The number of nitrogens with two attached hydrogens (primary N) is 1. The van der Waals surface area contributed by atoms with Crippen molar-refractivity contribution in [3.8, 4) is 11.1 Å². The van der Waals surface area contributed by atoms with Crippen LogP contribution in [-0.4, -0.2) is 16.1 Å². The number of hydrogen-bond donors (Lipinski definition) is 1. The molecule has 2 N–H and O–H groups in total. The first kappa shape index (κ1) is 19.3. The van der Waals surface area contributed by atoms with Crippen LogP contribution in [0.2, 0.25) is 5.02 Å². The van der Waals surface area contributed by atoms with E-state index in [1.54, 1.807) is 48.9 Å². The molecule has 0 fully saturated rings. The Bertz CT molecular complexity index is 1030. The van der Waals surface area contributed by atoms with Gasteiger partial charge in [0.15, 0.2) is 0 Å². The summed E-state index contributed by atoms with van der Waals surface area (Å²) in [6, 6.07) is 15.8. The van der Waals surface area contributed by atoms with E-state index in [1.165, 1.54) is 6.07 Å². The first-order chi connectivity index (χ1) is 13.5. The van der Waals surface area contributed by atoms with Crippen LogP contribution in [0.4, 0.5) is 5.69 Å². The van der Waals surface area contributed by atoms with Gasteiger partial charge >= 0.3 is 0 Å². The van der Waals surface area contributed by atoms with Crippen LogP contribution in [0.5, 0.6) is 0 Å². The van der Waals surface area contributed by atoms with E-state index >= 15 is 0 Å². The van der Waals surface area contributed by atoms with E-state index in [-0.39, 0.29) is 11.4 Å². The van der Waals surface area contributed by atoms with Crippen molar-refractivity contribution in [1.29, 1.82) is 0 Å². The Labute approximate surface area is 167 Å². The molecule has 0 atom stereocenters. The summed E-state index contributed by atoms with van der Waals surface area (Å²) in [4.78, 5) is 19.2. The maximum absolute atomic E-state index is 11.4. The van der Waals surface area contributed by atoms with Crippen molar-refractivity contribution in [2.45, 2.75) is 6.54 Å². The lowest BCUT2D eigenvalue weighted by Gasteiger charge is -2.07. The molecule has 0 aliphatic carbocycles. The highest BCUT2D eigenvalue weighted by atomic mass is 35.5. The molecule has 0 radical (unpaired) electrons. The number of halogens is 1. The van der Waals surface area contributed by atoms with Gasteiger partial charge in [-0.2, -0.15) is 0 Å². The van der Waals surface area contributed by atoms with Gasteiger partial charge in [0, 0.05) is 35.4 Å². The molecule has 0 unspecified atom stereocenters. The number of hydrogen-bond acceptors (Lipinski definition) is 5. The smallest absolute Gasteiger partial charge is 0.278 e. The van der Waals surface area contributed by atoms with Crippen molar-refractivity contribution in [2.24, 2.45) is 10.7 Å². The Morgan fingerprint density at radius 3 is 2.61 bits per heavy atom. The van der Waals surface area contributed by atoms with Crippen molar-refractivity contribution in [3.05, 3.63) is 99.3 Å². The fourth-order valence-electron chi connectivity index (χ4n) is 2.62. The van der Waals surface area contributed by atoms with E-state index in [0.717, 1.165) is 16.7 Å². The Morgan fingerprint density at radius 1 is 1.18 bits per heavy atom. The summed E-state index contributed by atoms with van der Waals surface area (Å²) in [7, 11) is 0. The third-order valence-electron chi connectivity index (χ3n) is 4.04. The molecule has 140 valence electrons. The fourth-order valence-corrected chi connectivity index (χ4v) is 2.75. The molecule has 3 rings (SSSR count). The van der Waals surface area contributed by atoms with Gasteiger partial charge in [0.25, 0.3) is 5.69 Å². The quantitative estimate of drug-likeness (QED) is 0.367. The van der Waals surface area contributed by atoms with Gasteiger partial charge in [-0.25, -0.2) is 0 Å². The first-order valence-corrected chi connectivity index (χ1v) is 8.81. The van der Waals surface area contributed by atoms with E-state index in [1.807, 2.05) is 24.3 Å². The molecular formula is C21H17ClN4O2. The zero-order chi connectivity index (χ0) is 19.9. The second kappa shape index (κ2) is 8.92. The minimum Gasteiger partial charge on any atom is -0.398 e. The third kappa shape index (κ3) is 4.81. The molecule has 1 aromatic heterocycles. The van der Waals surface area contributed by atoms with Crippen LogP contribution in [0.1, 0.15) is 11.1 Å². The van der Waals surface area contributed by atoms with Gasteiger partial charge in [0.05, 0.1) is 17.0 Å². The summed E-state index contributed by atoms with van der Waals surface area (Å²) in [6.45, 7) is 0.449.